The Kier molecular flexibility index (Phi) is 8.48. The summed E-state index contributed by atoms with van der Waals surface area (Å²) < 4.78 is 7.83. The van der Waals surface area contributed by atoms with Crippen molar-refractivity contribution in [2.45, 2.75) is 45.8 Å². The summed E-state index contributed by atoms with van der Waals surface area (Å²) in [5.74, 6) is 0.236. The third-order valence-electron chi connectivity index (χ3n) is 10.8. The molecule has 11 heteroatoms. The first-order chi connectivity index (χ1) is 25.6. The zero-order valence-electron chi connectivity index (χ0n) is 30.1. The minimum Gasteiger partial charge on any atom is -0.508 e. The number of phenolic OH excluding ortho intramolecular Hbond substituents is 1. The molecule has 53 heavy (non-hydrogen) atoms. The average Bonchev–Trinajstić information content (AvgIpc) is 3.77. The van der Waals surface area contributed by atoms with Crippen molar-refractivity contribution < 1.29 is 24.2 Å². The minimum absolute atomic E-state index is 0.0374. The molecule has 0 bridgehead atoms. The van der Waals surface area contributed by atoms with Crippen LogP contribution in [0.1, 0.15) is 55.6 Å². The van der Waals surface area contributed by atoms with Gasteiger partial charge in [-0.3, -0.25) is 9.59 Å². The Morgan fingerprint density at radius 2 is 1.70 bits per heavy atom. The predicted molar refractivity (Wildman–Crippen MR) is 202 cm³/mol. The maximum atomic E-state index is 14.8. The number of phenols is 1. The number of amides is 3. The standard InChI is InChI=1S/C42H40N6O5/c1-25-19-27-7-5-6-8-29(27)24-48(25)41(51)36-21-30-23-47(42(52)53-38-14-17-44-39-33(38)13-16-43-39)18-15-28(30)20-35(36)37-22-34(26(2)45(37)3)40(50)46(4)31-9-11-32(49)12-10-31/h5-14,16-17,20-22,25,49H,15,18-19,23-24H2,1-4H3,(H,43,44)/t25-/m1/s1. The van der Waals surface area contributed by atoms with Gasteiger partial charge in [-0.25, -0.2) is 9.78 Å². The Labute approximate surface area is 307 Å². The molecular formula is C42H40N6O5. The maximum absolute atomic E-state index is 14.8. The fraction of sp³-hybridized carbons (Fsp3) is 0.238. The molecule has 2 aliphatic heterocycles. The van der Waals surface area contributed by atoms with Gasteiger partial charge in [0, 0.05) is 86.4 Å². The van der Waals surface area contributed by atoms with E-state index < -0.39 is 6.09 Å². The van der Waals surface area contributed by atoms with Gasteiger partial charge in [-0.2, -0.15) is 0 Å². The summed E-state index contributed by atoms with van der Waals surface area (Å²) >= 11 is 0. The number of nitrogens with zero attached hydrogens (tertiary/aromatic N) is 5. The van der Waals surface area contributed by atoms with Crippen LogP contribution in [-0.4, -0.2) is 67.0 Å². The van der Waals surface area contributed by atoms with Crippen LogP contribution >= 0.6 is 0 Å². The summed E-state index contributed by atoms with van der Waals surface area (Å²) in [4.78, 5) is 54.7. The van der Waals surface area contributed by atoms with Crippen LogP contribution in [0, 0.1) is 6.92 Å². The summed E-state index contributed by atoms with van der Waals surface area (Å²) in [5, 5.41) is 10.5. The zero-order valence-corrected chi connectivity index (χ0v) is 30.1. The van der Waals surface area contributed by atoms with E-state index in [1.54, 1.807) is 59.6 Å². The van der Waals surface area contributed by atoms with Gasteiger partial charge in [0.15, 0.2) is 0 Å². The fourth-order valence-electron chi connectivity index (χ4n) is 7.59. The van der Waals surface area contributed by atoms with Gasteiger partial charge in [0.25, 0.3) is 11.8 Å². The molecule has 0 aliphatic carbocycles. The van der Waals surface area contributed by atoms with E-state index in [9.17, 15) is 19.5 Å². The number of carbonyl (C=O) groups excluding carboxylic acids is 3. The van der Waals surface area contributed by atoms with Crippen molar-refractivity contribution in [2.24, 2.45) is 7.05 Å². The quantitative estimate of drug-likeness (QED) is 0.199. The zero-order chi connectivity index (χ0) is 37.0. The van der Waals surface area contributed by atoms with Crippen LogP contribution in [-0.2, 0) is 33.0 Å². The molecular weight excluding hydrogens is 668 g/mol. The van der Waals surface area contributed by atoms with Gasteiger partial charge in [-0.05, 0) is 97.5 Å². The number of fused-ring (bicyclic) bond motifs is 3. The lowest BCUT2D eigenvalue weighted by Crippen LogP contribution is -2.43. The van der Waals surface area contributed by atoms with Gasteiger partial charge >= 0.3 is 6.09 Å². The molecule has 3 aromatic heterocycles. The second-order valence-electron chi connectivity index (χ2n) is 14.0. The Hall–Kier alpha value is -6.36. The van der Waals surface area contributed by atoms with Crippen molar-refractivity contribution in [2.75, 3.05) is 18.5 Å². The minimum atomic E-state index is -0.471. The number of H-pyrrole nitrogens is 1. The highest BCUT2D eigenvalue weighted by molar-refractivity contribution is 6.08. The molecule has 0 spiro atoms. The smallest absolute Gasteiger partial charge is 0.415 e. The molecule has 3 aromatic carbocycles. The molecule has 0 unspecified atom stereocenters. The highest BCUT2D eigenvalue weighted by atomic mass is 16.6. The molecule has 8 rings (SSSR count). The molecule has 2 aliphatic rings. The molecule has 6 aromatic rings. The third-order valence-corrected chi connectivity index (χ3v) is 10.8. The van der Waals surface area contributed by atoms with E-state index in [1.807, 2.05) is 53.8 Å². The number of anilines is 1. The Bertz CT molecular complexity index is 2410. The summed E-state index contributed by atoms with van der Waals surface area (Å²) in [7, 11) is 3.62. The molecule has 3 amide bonds. The maximum Gasteiger partial charge on any atom is 0.415 e. The van der Waals surface area contributed by atoms with Gasteiger partial charge in [0.2, 0.25) is 0 Å². The first-order valence-electron chi connectivity index (χ1n) is 17.7. The van der Waals surface area contributed by atoms with E-state index in [0.717, 1.165) is 45.4 Å². The number of aromatic amines is 1. The molecule has 1 atom stereocenters. The lowest BCUT2D eigenvalue weighted by molar-refractivity contribution is 0.0658. The van der Waals surface area contributed by atoms with Crippen molar-refractivity contribution in [3.05, 3.63) is 130 Å². The lowest BCUT2D eigenvalue weighted by Gasteiger charge is -2.36. The van der Waals surface area contributed by atoms with Gasteiger partial charge in [-0.1, -0.05) is 24.3 Å². The van der Waals surface area contributed by atoms with Crippen LogP contribution in [0.2, 0.25) is 0 Å². The number of carbonyl (C=O) groups is 3. The molecule has 0 fully saturated rings. The number of rotatable bonds is 5. The van der Waals surface area contributed by atoms with Gasteiger partial charge in [0.05, 0.1) is 10.9 Å². The summed E-state index contributed by atoms with van der Waals surface area (Å²) in [5.41, 5.74) is 8.82. The number of nitrogens with one attached hydrogen (secondary N) is 1. The third kappa shape index (κ3) is 6.07. The molecule has 0 radical (unpaired) electrons. The number of aromatic nitrogens is 3. The van der Waals surface area contributed by atoms with Crippen molar-refractivity contribution in [1.29, 1.82) is 0 Å². The van der Waals surface area contributed by atoms with E-state index in [2.05, 4.69) is 35.1 Å². The average molecular weight is 709 g/mol. The fourth-order valence-corrected chi connectivity index (χ4v) is 7.59. The molecule has 0 saturated heterocycles. The molecule has 268 valence electrons. The van der Waals surface area contributed by atoms with Gasteiger partial charge in [-0.15, -0.1) is 0 Å². The molecule has 11 nitrogen and oxygen atoms in total. The van der Waals surface area contributed by atoms with E-state index >= 15 is 0 Å². The molecule has 5 heterocycles. The normalized spacial score (nSPS) is 15.2. The predicted octanol–water partition coefficient (Wildman–Crippen LogP) is 7.00. The van der Waals surface area contributed by atoms with E-state index in [-0.39, 0.29) is 30.2 Å². The second kappa shape index (κ2) is 13.3. The Balaban J connectivity index is 1.16. The monoisotopic (exact) mass is 708 g/mol. The second-order valence-corrected chi connectivity index (χ2v) is 14.0. The number of ether oxygens (including phenoxy) is 1. The van der Waals surface area contributed by atoms with Crippen molar-refractivity contribution in [3.63, 3.8) is 0 Å². The Morgan fingerprint density at radius 3 is 2.49 bits per heavy atom. The summed E-state index contributed by atoms with van der Waals surface area (Å²) in [6, 6.07) is 24.1. The van der Waals surface area contributed by atoms with Gasteiger partial charge < -0.3 is 34.1 Å². The lowest BCUT2D eigenvalue weighted by atomic mass is 9.90. The van der Waals surface area contributed by atoms with Crippen molar-refractivity contribution in [1.82, 2.24) is 24.3 Å². The molecule has 0 saturated carbocycles. The van der Waals surface area contributed by atoms with Crippen LogP contribution in [0.3, 0.4) is 0 Å². The van der Waals surface area contributed by atoms with Crippen molar-refractivity contribution in [3.8, 4) is 22.8 Å². The van der Waals surface area contributed by atoms with Crippen LogP contribution in [0.15, 0.2) is 91.3 Å². The number of pyridine rings is 1. The van der Waals surface area contributed by atoms with Crippen LogP contribution in [0.4, 0.5) is 10.5 Å². The van der Waals surface area contributed by atoms with Gasteiger partial charge in [0.1, 0.15) is 17.1 Å². The topological polar surface area (TPSA) is 124 Å². The highest BCUT2D eigenvalue weighted by Gasteiger charge is 2.33. The van der Waals surface area contributed by atoms with Crippen LogP contribution in [0.5, 0.6) is 11.5 Å². The first kappa shape index (κ1) is 33.8. The van der Waals surface area contributed by atoms with E-state index in [0.29, 0.717) is 47.7 Å². The number of hydrogen-bond acceptors (Lipinski definition) is 6. The summed E-state index contributed by atoms with van der Waals surface area (Å²) in [6.07, 6.45) is 4.19. The highest BCUT2D eigenvalue weighted by Crippen LogP contribution is 2.36. The number of aromatic hydroxyl groups is 1. The van der Waals surface area contributed by atoms with Crippen LogP contribution in [0.25, 0.3) is 22.3 Å². The number of hydrogen-bond donors (Lipinski definition) is 2. The first-order valence-corrected chi connectivity index (χ1v) is 17.7. The summed E-state index contributed by atoms with van der Waals surface area (Å²) in [6.45, 7) is 5.18. The van der Waals surface area contributed by atoms with Crippen LogP contribution < -0.4 is 9.64 Å². The SMILES string of the molecule is Cc1c(C(=O)N(C)c2ccc(O)cc2)cc(-c2cc3c(cc2C(=O)N2Cc4ccccc4C[C@H]2C)CN(C(=O)Oc2ccnc4[nH]ccc24)CC3)n1C. The van der Waals surface area contributed by atoms with E-state index in [1.165, 1.54) is 5.56 Å². The van der Waals surface area contributed by atoms with Crippen molar-refractivity contribution >= 4 is 34.6 Å². The van der Waals surface area contributed by atoms with E-state index in [4.69, 9.17) is 4.74 Å². The number of benzene rings is 3. The largest absolute Gasteiger partial charge is 0.508 e. The molecule has 2 N–H and O–H groups in total. The Morgan fingerprint density at radius 1 is 0.925 bits per heavy atom.